The van der Waals surface area contributed by atoms with E-state index in [1.54, 1.807) is 0 Å². The van der Waals surface area contributed by atoms with Gasteiger partial charge in [-0.25, -0.2) is 0 Å². The summed E-state index contributed by atoms with van der Waals surface area (Å²) in [5.41, 5.74) is 2.34. The molecule has 0 spiro atoms. The van der Waals surface area contributed by atoms with Gasteiger partial charge in [-0.2, -0.15) is 0 Å². The van der Waals surface area contributed by atoms with Gasteiger partial charge in [0.25, 0.3) is 0 Å². The first-order valence-electron chi connectivity index (χ1n) is 9.28. The lowest BCUT2D eigenvalue weighted by molar-refractivity contribution is -0.226. The predicted molar refractivity (Wildman–Crippen MR) is 98.1 cm³/mol. The molecule has 1 aromatic rings. The first kappa shape index (κ1) is 19.0. The van der Waals surface area contributed by atoms with Crippen LogP contribution >= 0.6 is 0 Å². The Kier molecular flexibility index (Phi) is 7.80. The highest BCUT2D eigenvalue weighted by atomic mass is 16.7. The monoisotopic (exact) mass is 332 g/mol. The van der Waals surface area contributed by atoms with Crippen molar-refractivity contribution >= 4 is 0 Å². The zero-order chi connectivity index (χ0) is 17.3. The summed E-state index contributed by atoms with van der Waals surface area (Å²) < 4.78 is 11.1. The van der Waals surface area contributed by atoms with E-state index in [-0.39, 0.29) is 0 Å². The van der Waals surface area contributed by atoms with Crippen molar-refractivity contribution in [1.82, 2.24) is 0 Å². The lowest BCUT2D eigenvalue weighted by Gasteiger charge is -2.32. The maximum absolute atomic E-state index is 10.1. The first-order chi connectivity index (χ1) is 11.6. The van der Waals surface area contributed by atoms with Gasteiger partial charge in [-0.05, 0) is 38.7 Å². The van der Waals surface area contributed by atoms with Crippen LogP contribution in [-0.2, 0) is 15.9 Å². The lowest BCUT2D eigenvalue weighted by atomic mass is 10.0. The minimum atomic E-state index is -0.524. The van der Waals surface area contributed by atoms with Gasteiger partial charge >= 0.3 is 0 Å². The van der Waals surface area contributed by atoms with E-state index in [1.165, 1.54) is 44.1 Å². The van der Waals surface area contributed by atoms with E-state index in [0.717, 1.165) is 18.4 Å². The van der Waals surface area contributed by atoms with Gasteiger partial charge in [0.05, 0.1) is 19.0 Å². The third-order valence-corrected chi connectivity index (χ3v) is 4.57. The molecule has 134 valence electrons. The van der Waals surface area contributed by atoms with E-state index in [9.17, 15) is 5.11 Å². The number of benzene rings is 1. The minimum absolute atomic E-state index is 0.467. The number of rotatable bonds is 9. The fraction of sp³-hybridized carbons (Fsp3) is 0.619. The highest BCUT2D eigenvalue weighted by Gasteiger charge is 2.26. The SMILES string of the molecule is CC1(C)OCC(=C(O)CCCCCCCCc2ccccc2)CO1. The molecule has 1 aromatic carbocycles. The second-order valence-electron chi connectivity index (χ2n) is 7.13. The molecular weight excluding hydrogens is 300 g/mol. The maximum atomic E-state index is 10.1. The van der Waals surface area contributed by atoms with Gasteiger partial charge in [-0.3, -0.25) is 0 Å². The molecule has 1 saturated heterocycles. The molecule has 3 heteroatoms. The Hall–Kier alpha value is -1.32. The average molecular weight is 332 g/mol. The summed E-state index contributed by atoms with van der Waals surface area (Å²) in [6.45, 7) is 4.77. The Morgan fingerprint density at radius 1 is 0.917 bits per heavy atom. The molecule has 0 amide bonds. The summed E-state index contributed by atoms with van der Waals surface area (Å²) in [5, 5.41) is 10.1. The van der Waals surface area contributed by atoms with Crippen LogP contribution in [0.1, 0.15) is 64.4 Å². The highest BCUT2D eigenvalue weighted by molar-refractivity contribution is 5.14. The lowest BCUT2D eigenvalue weighted by Crippen LogP contribution is -2.36. The van der Waals surface area contributed by atoms with Crippen LogP contribution in [0.2, 0.25) is 0 Å². The number of hydrogen-bond donors (Lipinski definition) is 1. The molecule has 1 fully saturated rings. The van der Waals surface area contributed by atoms with Gasteiger partial charge in [0.2, 0.25) is 0 Å². The topological polar surface area (TPSA) is 38.7 Å². The molecule has 0 radical (unpaired) electrons. The minimum Gasteiger partial charge on any atom is -0.512 e. The largest absolute Gasteiger partial charge is 0.512 e. The van der Waals surface area contributed by atoms with Gasteiger partial charge < -0.3 is 14.6 Å². The Bertz CT molecular complexity index is 493. The fourth-order valence-corrected chi connectivity index (χ4v) is 2.92. The van der Waals surface area contributed by atoms with Gasteiger partial charge in [0, 0.05) is 12.0 Å². The van der Waals surface area contributed by atoms with Crippen LogP contribution in [0.15, 0.2) is 41.7 Å². The number of aliphatic hydroxyl groups is 1. The summed E-state index contributed by atoms with van der Waals surface area (Å²) in [7, 11) is 0. The van der Waals surface area contributed by atoms with Crippen LogP contribution < -0.4 is 0 Å². The van der Waals surface area contributed by atoms with E-state index in [4.69, 9.17) is 9.47 Å². The Morgan fingerprint density at radius 3 is 2.17 bits per heavy atom. The van der Waals surface area contributed by atoms with Crippen molar-refractivity contribution in [3.8, 4) is 0 Å². The molecule has 0 aromatic heterocycles. The van der Waals surface area contributed by atoms with Crippen LogP contribution in [0.4, 0.5) is 0 Å². The zero-order valence-corrected chi connectivity index (χ0v) is 15.2. The van der Waals surface area contributed by atoms with Crippen molar-refractivity contribution < 1.29 is 14.6 Å². The molecule has 24 heavy (non-hydrogen) atoms. The van der Waals surface area contributed by atoms with Crippen LogP contribution in [0.25, 0.3) is 0 Å². The van der Waals surface area contributed by atoms with Crippen LogP contribution in [-0.4, -0.2) is 24.1 Å². The molecular formula is C21H32O3. The van der Waals surface area contributed by atoms with Crippen LogP contribution in [0.3, 0.4) is 0 Å². The van der Waals surface area contributed by atoms with E-state index in [1.807, 2.05) is 13.8 Å². The first-order valence-corrected chi connectivity index (χ1v) is 9.28. The number of hydrogen-bond acceptors (Lipinski definition) is 3. The molecule has 0 aliphatic carbocycles. The summed E-state index contributed by atoms with van der Waals surface area (Å²) in [6.07, 6.45) is 9.23. The summed E-state index contributed by atoms with van der Waals surface area (Å²) in [6, 6.07) is 10.7. The molecule has 1 N–H and O–H groups in total. The molecule has 1 aliphatic rings. The number of aryl methyl sites for hydroxylation is 1. The van der Waals surface area contributed by atoms with Crippen molar-refractivity contribution in [2.75, 3.05) is 13.2 Å². The third-order valence-electron chi connectivity index (χ3n) is 4.57. The molecule has 3 nitrogen and oxygen atoms in total. The van der Waals surface area contributed by atoms with Crippen molar-refractivity contribution in [3.05, 3.63) is 47.2 Å². The molecule has 0 atom stereocenters. The number of allylic oxidation sites excluding steroid dienone is 1. The second-order valence-corrected chi connectivity index (χ2v) is 7.13. The zero-order valence-electron chi connectivity index (χ0n) is 15.2. The van der Waals surface area contributed by atoms with Gasteiger partial charge in [-0.15, -0.1) is 0 Å². The number of ether oxygens (including phenoxy) is 2. The van der Waals surface area contributed by atoms with Crippen molar-refractivity contribution in [2.24, 2.45) is 0 Å². The summed E-state index contributed by atoms with van der Waals surface area (Å²) in [5.74, 6) is -0.0571. The van der Waals surface area contributed by atoms with Crippen molar-refractivity contribution in [1.29, 1.82) is 0 Å². The van der Waals surface area contributed by atoms with Crippen molar-refractivity contribution in [3.63, 3.8) is 0 Å². The second kappa shape index (κ2) is 9.85. The summed E-state index contributed by atoms with van der Waals surface area (Å²) in [4.78, 5) is 0. The van der Waals surface area contributed by atoms with Gasteiger partial charge in [0.15, 0.2) is 5.79 Å². The van der Waals surface area contributed by atoms with E-state index in [0.29, 0.717) is 19.0 Å². The number of unbranched alkanes of at least 4 members (excludes halogenated alkanes) is 5. The van der Waals surface area contributed by atoms with Crippen molar-refractivity contribution in [2.45, 2.75) is 71.0 Å². The molecule has 0 saturated carbocycles. The molecule has 1 heterocycles. The van der Waals surface area contributed by atoms with E-state index < -0.39 is 5.79 Å². The summed E-state index contributed by atoms with van der Waals surface area (Å²) >= 11 is 0. The Labute approximate surface area is 146 Å². The quantitative estimate of drug-likeness (QED) is 0.475. The normalized spacial score (nSPS) is 17.0. The Morgan fingerprint density at radius 2 is 1.50 bits per heavy atom. The average Bonchev–Trinajstić information content (AvgIpc) is 2.58. The smallest absolute Gasteiger partial charge is 0.163 e. The molecule has 0 unspecified atom stereocenters. The predicted octanol–water partition coefficient (Wildman–Crippen LogP) is 5.55. The third kappa shape index (κ3) is 7.06. The highest BCUT2D eigenvalue weighted by Crippen LogP contribution is 2.23. The van der Waals surface area contributed by atoms with Gasteiger partial charge in [0.1, 0.15) is 0 Å². The van der Waals surface area contributed by atoms with Crippen LogP contribution in [0, 0.1) is 0 Å². The van der Waals surface area contributed by atoms with Gasteiger partial charge in [-0.1, -0.05) is 56.0 Å². The van der Waals surface area contributed by atoms with E-state index >= 15 is 0 Å². The molecule has 2 rings (SSSR count). The maximum Gasteiger partial charge on any atom is 0.163 e. The standard InChI is InChI=1S/C21H32O3/c1-21(2)23-16-19(17-24-21)20(22)15-11-6-4-3-5-8-12-18-13-9-7-10-14-18/h7,9-10,13-14,22H,3-6,8,11-12,15-17H2,1-2H3. The fourth-order valence-electron chi connectivity index (χ4n) is 2.92. The number of aliphatic hydroxyl groups excluding tert-OH is 1. The van der Waals surface area contributed by atoms with Crippen LogP contribution in [0.5, 0.6) is 0 Å². The molecule has 1 aliphatic heterocycles. The van der Waals surface area contributed by atoms with E-state index in [2.05, 4.69) is 30.3 Å². The molecule has 0 bridgehead atoms. The Balaban J connectivity index is 1.49.